The first-order chi connectivity index (χ1) is 10.2. The van der Waals surface area contributed by atoms with E-state index in [2.05, 4.69) is 0 Å². The Bertz CT molecular complexity index is 514. The van der Waals surface area contributed by atoms with Gasteiger partial charge in [0, 0.05) is 13.6 Å². The number of nitrogens with zero attached hydrogens (tertiary/aromatic N) is 1. The lowest BCUT2D eigenvalue weighted by Gasteiger charge is -2.21. The summed E-state index contributed by atoms with van der Waals surface area (Å²) >= 11 is 0. The van der Waals surface area contributed by atoms with Gasteiger partial charge in [0.15, 0.2) is 0 Å². The molecule has 0 aliphatic rings. The number of carbonyl (C=O) groups excluding carboxylic acids is 1. The molecule has 0 spiro atoms. The Kier molecular flexibility index (Phi) is 5.52. The Morgan fingerprint density at radius 3 is 1.90 bits per heavy atom. The third-order valence-corrected chi connectivity index (χ3v) is 3.48. The first-order valence-corrected chi connectivity index (χ1v) is 7.17. The zero-order valence-electron chi connectivity index (χ0n) is 12.5. The van der Waals surface area contributed by atoms with Crippen LogP contribution >= 0.6 is 0 Å². The molecule has 0 saturated heterocycles. The maximum Gasteiger partial charge on any atom is 0.248 e. The van der Waals surface area contributed by atoms with Crippen LogP contribution in [0.5, 0.6) is 0 Å². The molecule has 0 aliphatic heterocycles. The van der Waals surface area contributed by atoms with Crippen molar-refractivity contribution in [1.29, 1.82) is 0 Å². The molecule has 2 rings (SSSR count). The Labute approximate surface area is 126 Å². The van der Waals surface area contributed by atoms with Crippen molar-refractivity contribution in [2.45, 2.75) is 13.0 Å². The van der Waals surface area contributed by atoms with Gasteiger partial charge in [-0.1, -0.05) is 60.7 Å². The molecule has 110 valence electrons. The number of ether oxygens (including phenoxy) is 1. The van der Waals surface area contributed by atoms with Crippen molar-refractivity contribution in [1.82, 2.24) is 4.90 Å². The summed E-state index contributed by atoms with van der Waals surface area (Å²) in [5.41, 5.74) is 2.10. The lowest BCUT2D eigenvalue weighted by molar-refractivity contribution is -0.136. The van der Waals surface area contributed by atoms with Crippen molar-refractivity contribution < 1.29 is 9.53 Å². The van der Waals surface area contributed by atoms with Crippen LogP contribution in [0.4, 0.5) is 0 Å². The average Bonchev–Trinajstić information content (AvgIpc) is 2.56. The van der Waals surface area contributed by atoms with E-state index in [4.69, 9.17) is 4.74 Å². The number of hydrogen-bond donors (Lipinski definition) is 0. The molecule has 0 bridgehead atoms. The van der Waals surface area contributed by atoms with Gasteiger partial charge in [0.05, 0.1) is 0 Å². The molecular formula is C18H21NO2. The number of amides is 1. The van der Waals surface area contributed by atoms with Crippen LogP contribution in [-0.2, 0) is 9.53 Å². The summed E-state index contributed by atoms with van der Waals surface area (Å²) in [5, 5.41) is 0. The normalized spacial score (nSPS) is 10.6. The van der Waals surface area contributed by atoms with Crippen LogP contribution in [0, 0.1) is 0 Å². The van der Waals surface area contributed by atoms with Crippen LogP contribution in [0.1, 0.15) is 24.2 Å². The van der Waals surface area contributed by atoms with Gasteiger partial charge < -0.3 is 9.64 Å². The van der Waals surface area contributed by atoms with Crippen molar-refractivity contribution in [3.8, 4) is 0 Å². The first kappa shape index (κ1) is 15.3. The zero-order chi connectivity index (χ0) is 15.1. The van der Waals surface area contributed by atoms with Gasteiger partial charge in [0.2, 0.25) is 5.91 Å². The van der Waals surface area contributed by atoms with Crippen LogP contribution < -0.4 is 0 Å². The number of rotatable bonds is 6. The van der Waals surface area contributed by atoms with Crippen LogP contribution in [-0.4, -0.2) is 31.0 Å². The van der Waals surface area contributed by atoms with Crippen molar-refractivity contribution in [3.05, 3.63) is 71.8 Å². The van der Waals surface area contributed by atoms with Gasteiger partial charge in [-0.05, 0) is 18.1 Å². The highest BCUT2D eigenvalue weighted by Gasteiger charge is 2.17. The second-order valence-electron chi connectivity index (χ2n) is 4.92. The molecule has 3 nitrogen and oxygen atoms in total. The largest absolute Gasteiger partial charge is 0.359 e. The topological polar surface area (TPSA) is 29.5 Å². The van der Waals surface area contributed by atoms with Crippen LogP contribution in [0.15, 0.2) is 60.7 Å². The fourth-order valence-corrected chi connectivity index (χ4v) is 2.08. The number of likely N-dealkylation sites (N-methyl/N-ethyl adjacent to an activating group) is 1. The van der Waals surface area contributed by atoms with Gasteiger partial charge in [-0.15, -0.1) is 0 Å². The Balaban J connectivity index is 2.16. The quantitative estimate of drug-likeness (QED) is 0.814. The molecular weight excluding hydrogens is 262 g/mol. The van der Waals surface area contributed by atoms with Crippen molar-refractivity contribution in [2.24, 2.45) is 0 Å². The van der Waals surface area contributed by atoms with Gasteiger partial charge in [-0.25, -0.2) is 0 Å². The Morgan fingerprint density at radius 2 is 1.48 bits per heavy atom. The monoisotopic (exact) mass is 283 g/mol. The lowest BCUT2D eigenvalue weighted by Crippen LogP contribution is -2.30. The number of carbonyl (C=O) groups is 1. The van der Waals surface area contributed by atoms with Crippen LogP contribution in [0.3, 0.4) is 0 Å². The molecule has 1 amide bonds. The maximum atomic E-state index is 11.9. The molecule has 3 heteroatoms. The summed E-state index contributed by atoms with van der Waals surface area (Å²) < 4.78 is 5.91. The van der Waals surface area contributed by atoms with E-state index < -0.39 is 0 Å². The minimum Gasteiger partial charge on any atom is -0.359 e. The Morgan fingerprint density at radius 1 is 1.00 bits per heavy atom. The molecule has 0 aliphatic carbocycles. The molecule has 0 unspecified atom stereocenters. The van der Waals surface area contributed by atoms with Crippen molar-refractivity contribution >= 4 is 5.91 Å². The molecule has 0 fully saturated rings. The predicted octanol–water partition coefficient (Wildman–Crippen LogP) is 3.27. The van der Waals surface area contributed by atoms with E-state index in [0.29, 0.717) is 6.54 Å². The van der Waals surface area contributed by atoms with Crippen LogP contribution in [0.2, 0.25) is 0 Å². The predicted molar refractivity (Wildman–Crippen MR) is 84.0 cm³/mol. The summed E-state index contributed by atoms with van der Waals surface area (Å²) in [7, 11) is 1.78. The molecule has 2 aromatic rings. The van der Waals surface area contributed by atoms with E-state index in [9.17, 15) is 4.79 Å². The minimum atomic E-state index is -0.221. The zero-order valence-corrected chi connectivity index (χ0v) is 12.5. The molecule has 2 aromatic carbocycles. The van der Waals surface area contributed by atoms with E-state index in [-0.39, 0.29) is 18.6 Å². The van der Waals surface area contributed by atoms with E-state index in [0.717, 1.165) is 11.1 Å². The summed E-state index contributed by atoms with van der Waals surface area (Å²) in [6, 6.07) is 19.9. The van der Waals surface area contributed by atoms with Gasteiger partial charge in [-0.2, -0.15) is 0 Å². The standard InChI is InChI=1S/C18H21NO2/c1-3-19(2)17(20)14-21-18(15-10-6-4-7-11-15)16-12-8-5-9-13-16/h4-13,18H,3,14H2,1-2H3. The van der Waals surface area contributed by atoms with Gasteiger partial charge in [0.1, 0.15) is 12.7 Å². The SMILES string of the molecule is CCN(C)C(=O)COC(c1ccccc1)c1ccccc1. The summed E-state index contributed by atoms with van der Waals surface area (Å²) in [6.45, 7) is 2.71. The second-order valence-corrected chi connectivity index (χ2v) is 4.92. The highest BCUT2D eigenvalue weighted by Crippen LogP contribution is 2.25. The fourth-order valence-electron chi connectivity index (χ4n) is 2.08. The van der Waals surface area contributed by atoms with Crippen molar-refractivity contribution in [2.75, 3.05) is 20.2 Å². The second kappa shape index (κ2) is 7.60. The molecule has 0 saturated carbocycles. The highest BCUT2D eigenvalue weighted by atomic mass is 16.5. The van der Waals surface area contributed by atoms with Gasteiger partial charge >= 0.3 is 0 Å². The molecule has 0 N–H and O–H groups in total. The summed E-state index contributed by atoms with van der Waals surface area (Å²) in [4.78, 5) is 13.6. The minimum absolute atomic E-state index is 0.00522. The van der Waals surface area contributed by atoms with Crippen LogP contribution in [0.25, 0.3) is 0 Å². The van der Waals surface area contributed by atoms with Crippen molar-refractivity contribution in [3.63, 3.8) is 0 Å². The Hall–Kier alpha value is -2.13. The smallest absolute Gasteiger partial charge is 0.248 e. The number of benzene rings is 2. The van der Waals surface area contributed by atoms with E-state index >= 15 is 0 Å². The third-order valence-electron chi connectivity index (χ3n) is 3.48. The highest BCUT2D eigenvalue weighted by molar-refractivity contribution is 5.77. The molecule has 21 heavy (non-hydrogen) atoms. The summed E-state index contributed by atoms with van der Waals surface area (Å²) in [6.07, 6.45) is -0.221. The molecule has 0 aromatic heterocycles. The lowest BCUT2D eigenvalue weighted by atomic mass is 10.0. The third kappa shape index (κ3) is 4.17. The average molecular weight is 283 g/mol. The first-order valence-electron chi connectivity index (χ1n) is 7.17. The fraction of sp³-hybridized carbons (Fsp3) is 0.278. The maximum absolute atomic E-state index is 11.9. The molecule has 0 radical (unpaired) electrons. The van der Waals surface area contributed by atoms with E-state index in [1.165, 1.54) is 0 Å². The van der Waals surface area contributed by atoms with E-state index in [1.807, 2.05) is 67.6 Å². The number of hydrogen-bond acceptors (Lipinski definition) is 2. The van der Waals surface area contributed by atoms with Gasteiger partial charge in [-0.3, -0.25) is 4.79 Å². The molecule has 0 atom stereocenters. The summed E-state index contributed by atoms with van der Waals surface area (Å²) in [5.74, 6) is -0.00522. The van der Waals surface area contributed by atoms with E-state index in [1.54, 1.807) is 11.9 Å². The van der Waals surface area contributed by atoms with Gasteiger partial charge in [0.25, 0.3) is 0 Å². The molecule has 0 heterocycles.